The number of hydrogen-bond acceptors (Lipinski definition) is 6. The lowest BCUT2D eigenvalue weighted by molar-refractivity contribution is -0.139. The Bertz CT molecular complexity index is 842. The van der Waals surface area contributed by atoms with Crippen LogP contribution in [-0.2, 0) is 23.9 Å². The number of methoxy groups -OCH3 is 2. The van der Waals surface area contributed by atoms with Crippen molar-refractivity contribution in [3.05, 3.63) is 59.7 Å². The van der Waals surface area contributed by atoms with Gasteiger partial charge in [0.2, 0.25) is 5.91 Å². The highest BCUT2D eigenvalue weighted by Gasteiger charge is 2.27. The molecule has 0 fully saturated rings. The number of ether oxygens (including phenoxy) is 2. The van der Waals surface area contributed by atoms with Crippen LogP contribution in [0.4, 0.5) is 15.8 Å². The lowest BCUT2D eigenvalue weighted by atomic mass is 10.1. The van der Waals surface area contributed by atoms with E-state index in [-0.39, 0.29) is 17.0 Å². The molecule has 26 heavy (non-hydrogen) atoms. The maximum atomic E-state index is 13.9. The molecule has 136 valence electrons. The minimum absolute atomic E-state index is 0.0326. The van der Waals surface area contributed by atoms with Gasteiger partial charge >= 0.3 is 11.9 Å². The summed E-state index contributed by atoms with van der Waals surface area (Å²) in [5.74, 6) is -2.61. The highest BCUT2D eigenvalue weighted by Crippen LogP contribution is 2.29. The van der Waals surface area contributed by atoms with Gasteiger partial charge in [-0.1, -0.05) is 6.08 Å². The van der Waals surface area contributed by atoms with E-state index in [0.29, 0.717) is 5.69 Å². The van der Waals surface area contributed by atoms with E-state index in [4.69, 9.17) is 9.47 Å². The second-order valence-electron chi connectivity index (χ2n) is 5.16. The molecule has 2 rings (SSSR count). The first-order valence-electron chi connectivity index (χ1n) is 7.51. The minimum atomic E-state index is -0.785. The van der Waals surface area contributed by atoms with E-state index in [1.807, 2.05) is 0 Å². The quantitative estimate of drug-likeness (QED) is 0.829. The van der Waals surface area contributed by atoms with Crippen LogP contribution in [0.5, 0.6) is 0 Å². The van der Waals surface area contributed by atoms with E-state index in [0.717, 1.165) is 6.07 Å². The fraction of sp³-hybridized carbons (Fsp3) is 0.167. The average Bonchev–Trinajstić information content (AvgIpc) is 2.84. The number of nitrogens with one attached hydrogen (secondary N) is 1. The number of halogens is 1. The van der Waals surface area contributed by atoms with E-state index in [9.17, 15) is 18.8 Å². The number of nitrogens with zero attached hydrogens (tertiary/aromatic N) is 1. The third-order valence-electron chi connectivity index (χ3n) is 3.43. The van der Waals surface area contributed by atoms with E-state index >= 15 is 0 Å². The standard InChI is InChI=1S/C18H17FN2O5/c1-11(22)20-15-10-12(7-8-14(15)19)21-9-5-4-6-13(17(23)25-2)16(21)18(24)26-3/h4-10H,1-3H3,(H,20,22). The third kappa shape index (κ3) is 3.97. The zero-order valence-electron chi connectivity index (χ0n) is 14.4. The van der Waals surface area contributed by atoms with Gasteiger partial charge in [0.1, 0.15) is 11.5 Å². The monoisotopic (exact) mass is 360 g/mol. The van der Waals surface area contributed by atoms with E-state index in [1.54, 1.807) is 12.2 Å². The molecule has 0 spiro atoms. The second-order valence-corrected chi connectivity index (χ2v) is 5.16. The van der Waals surface area contributed by atoms with Crippen molar-refractivity contribution >= 4 is 29.2 Å². The highest BCUT2D eigenvalue weighted by molar-refractivity contribution is 6.05. The average molecular weight is 360 g/mol. The predicted molar refractivity (Wildman–Crippen MR) is 92.5 cm³/mol. The van der Waals surface area contributed by atoms with E-state index in [2.05, 4.69) is 5.32 Å². The normalized spacial score (nSPS) is 13.3. The molecule has 0 unspecified atom stereocenters. The second kappa shape index (κ2) is 8.11. The van der Waals surface area contributed by atoms with Gasteiger partial charge in [0.15, 0.2) is 0 Å². The van der Waals surface area contributed by atoms with Crippen LogP contribution in [0.3, 0.4) is 0 Å². The van der Waals surface area contributed by atoms with Crippen LogP contribution < -0.4 is 10.2 Å². The van der Waals surface area contributed by atoms with E-state index in [1.165, 1.54) is 50.5 Å². The van der Waals surface area contributed by atoms with Crippen LogP contribution in [0.2, 0.25) is 0 Å². The van der Waals surface area contributed by atoms with Gasteiger partial charge in [0, 0.05) is 18.8 Å². The lowest BCUT2D eigenvalue weighted by Gasteiger charge is -2.23. The Kier molecular flexibility index (Phi) is 5.90. The Morgan fingerprint density at radius 3 is 2.38 bits per heavy atom. The number of rotatable bonds is 4. The molecule has 1 aromatic carbocycles. The fourth-order valence-corrected chi connectivity index (χ4v) is 2.31. The van der Waals surface area contributed by atoms with Crippen LogP contribution in [0.15, 0.2) is 53.9 Å². The van der Waals surface area contributed by atoms with Crippen LogP contribution in [0.25, 0.3) is 0 Å². The van der Waals surface area contributed by atoms with Gasteiger partial charge in [-0.25, -0.2) is 14.0 Å². The summed E-state index contributed by atoms with van der Waals surface area (Å²) in [6, 6.07) is 3.87. The van der Waals surface area contributed by atoms with Gasteiger partial charge in [0.05, 0.1) is 25.5 Å². The van der Waals surface area contributed by atoms with Crippen LogP contribution in [0.1, 0.15) is 6.92 Å². The molecule has 0 saturated heterocycles. The number of carbonyl (C=O) groups excluding carboxylic acids is 3. The topological polar surface area (TPSA) is 84.9 Å². The Morgan fingerprint density at radius 2 is 1.77 bits per heavy atom. The third-order valence-corrected chi connectivity index (χ3v) is 3.43. The Morgan fingerprint density at radius 1 is 1.08 bits per heavy atom. The molecule has 1 aromatic rings. The number of hydrogen-bond donors (Lipinski definition) is 1. The first kappa shape index (κ1) is 18.9. The fourth-order valence-electron chi connectivity index (χ4n) is 2.31. The molecule has 1 heterocycles. The summed E-state index contributed by atoms with van der Waals surface area (Å²) in [5, 5.41) is 2.37. The SMILES string of the molecule is COC(=O)C1=C(C(=O)OC)N(c2ccc(F)c(NC(C)=O)c2)C=CC=C1. The Hall–Kier alpha value is -3.42. The number of anilines is 2. The molecule has 0 aromatic heterocycles. The van der Waals surface area contributed by atoms with Gasteiger partial charge in [-0.2, -0.15) is 0 Å². The summed E-state index contributed by atoms with van der Waals surface area (Å²) in [7, 11) is 2.36. The summed E-state index contributed by atoms with van der Waals surface area (Å²) in [6.07, 6.45) is 6.05. The van der Waals surface area contributed by atoms with E-state index < -0.39 is 23.7 Å². The zero-order valence-corrected chi connectivity index (χ0v) is 14.4. The molecular formula is C18H17FN2O5. The first-order valence-corrected chi connectivity index (χ1v) is 7.51. The molecule has 1 amide bonds. The number of benzene rings is 1. The number of amides is 1. The van der Waals surface area contributed by atoms with Crippen molar-refractivity contribution in [2.75, 3.05) is 24.4 Å². The van der Waals surface area contributed by atoms with Crippen LogP contribution >= 0.6 is 0 Å². The number of allylic oxidation sites excluding steroid dienone is 2. The van der Waals surface area contributed by atoms with Crippen molar-refractivity contribution in [2.24, 2.45) is 0 Å². The highest BCUT2D eigenvalue weighted by atomic mass is 19.1. The molecule has 1 N–H and O–H groups in total. The smallest absolute Gasteiger partial charge is 0.355 e. The predicted octanol–water partition coefficient (Wildman–Crippen LogP) is 2.27. The largest absolute Gasteiger partial charge is 0.465 e. The summed E-state index contributed by atoms with van der Waals surface area (Å²) in [6.45, 7) is 1.25. The van der Waals surface area contributed by atoms with Gasteiger partial charge < -0.3 is 19.7 Å². The molecule has 0 bridgehead atoms. The van der Waals surface area contributed by atoms with Crippen molar-refractivity contribution in [3.63, 3.8) is 0 Å². The molecule has 0 atom stereocenters. The van der Waals surface area contributed by atoms with Crippen molar-refractivity contribution in [1.29, 1.82) is 0 Å². The van der Waals surface area contributed by atoms with Gasteiger partial charge in [0.25, 0.3) is 0 Å². The van der Waals surface area contributed by atoms with Crippen LogP contribution in [-0.4, -0.2) is 32.1 Å². The maximum Gasteiger partial charge on any atom is 0.355 e. The summed E-state index contributed by atoms with van der Waals surface area (Å²) in [4.78, 5) is 37.0. The zero-order chi connectivity index (χ0) is 19.3. The summed E-state index contributed by atoms with van der Waals surface area (Å²) >= 11 is 0. The Labute approximate surface area is 149 Å². The molecule has 7 nitrogen and oxygen atoms in total. The molecule has 0 saturated carbocycles. The molecule has 1 aliphatic rings. The maximum absolute atomic E-state index is 13.9. The minimum Gasteiger partial charge on any atom is -0.465 e. The van der Waals surface area contributed by atoms with Crippen molar-refractivity contribution in [3.8, 4) is 0 Å². The number of esters is 2. The van der Waals surface area contributed by atoms with Gasteiger partial charge in [-0.15, -0.1) is 0 Å². The van der Waals surface area contributed by atoms with Crippen molar-refractivity contribution in [1.82, 2.24) is 0 Å². The molecule has 8 heteroatoms. The molecule has 1 aliphatic heterocycles. The van der Waals surface area contributed by atoms with Crippen molar-refractivity contribution in [2.45, 2.75) is 6.92 Å². The summed E-state index contributed by atoms with van der Waals surface area (Å²) < 4.78 is 23.4. The molecule has 0 aliphatic carbocycles. The summed E-state index contributed by atoms with van der Waals surface area (Å²) in [5.41, 5.74) is 0.126. The molecular weight excluding hydrogens is 343 g/mol. The number of carbonyl (C=O) groups is 3. The van der Waals surface area contributed by atoms with Gasteiger partial charge in [-0.05, 0) is 30.4 Å². The first-order chi connectivity index (χ1) is 12.4. The molecule has 0 radical (unpaired) electrons. The van der Waals surface area contributed by atoms with Crippen molar-refractivity contribution < 1.29 is 28.2 Å². The van der Waals surface area contributed by atoms with Crippen LogP contribution in [0, 0.1) is 5.82 Å². The Balaban J connectivity index is 2.63. The van der Waals surface area contributed by atoms with Gasteiger partial charge in [-0.3, -0.25) is 4.79 Å². The lowest BCUT2D eigenvalue weighted by Crippen LogP contribution is -2.27.